The van der Waals surface area contributed by atoms with E-state index in [9.17, 15) is 4.79 Å². The van der Waals surface area contributed by atoms with Crippen LogP contribution in [0, 0.1) is 0 Å². The fourth-order valence-electron chi connectivity index (χ4n) is 8.87. The highest BCUT2D eigenvalue weighted by atomic mass is 32.1. The maximum atomic E-state index is 12.0. The summed E-state index contributed by atoms with van der Waals surface area (Å²) in [6.45, 7) is 0. The molecule has 0 fully saturated rings. The zero-order valence-electron chi connectivity index (χ0n) is 34.7. The van der Waals surface area contributed by atoms with Gasteiger partial charge < -0.3 is 18.6 Å². The van der Waals surface area contributed by atoms with Gasteiger partial charge in [-0.1, -0.05) is 115 Å². The summed E-state index contributed by atoms with van der Waals surface area (Å²) in [5, 5.41) is 3.23. The summed E-state index contributed by atoms with van der Waals surface area (Å²) in [4.78, 5) is 14.3. The minimum absolute atomic E-state index is 0.368. The Hall–Kier alpha value is -8.59. The second kappa shape index (κ2) is 16.0. The number of benzene rings is 9. The first-order valence-corrected chi connectivity index (χ1v) is 22.1. The maximum Gasteiger partial charge on any atom is 0.336 e. The van der Waals surface area contributed by atoms with Gasteiger partial charge in [0.25, 0.3) is 0 Å². The van der Waals surface area contributed by atoms with E-state index in [0.717, 1.165) is 95.1 Å². The van der Waals surface area contributed by atoms with E-state index in [0.29, 0.717) is 5.58 Å². The van der Waals surface area contributed by atoms with Crippen molar-refractivity contribution < 1.29 is 9.15 Å². The van der Waals surface area contributed by atoms with Gasteiger partial charge in [0, 0.05) is 44.9 Å². The molecule has 0 aliphatic rings. The number of para-hydroxylation sites is 2. The van der Waals surface area contributed by atoms with Crippen LogP contribution in [0.15, 0.2) is 228 Å². The summed E-state index contributed by atoms with van der Waals surface area (Å²) in [7, 11) is 0. The Morgan fingerprint density at radius 2 is 1.08 bits per heavy atom. The summed E-state index contributed by atoms with van der Waals surface area (Å²) < 4.78 is 23.9. The van der Waals surface area contributed by atoms with E-state index >= 15 is 0 Å². The first-order chi connectivity index (χ1) is 32.1. The fourth-order valence-corrected chi connectivity index (χ4v) is 9.44. The number of anilines is 3. The zero-order valence-corrected chi connectivity index (χ0v) is 35.5. The molecule has 0 N–H and O–H groups in total. The van der Waals surface area contributed by atoms with Gasteiger partial charge in [-0.05, 0) is 125 Å². The van der Waals surface area contributed by atoms with Crippen LogP contribution < -0.4 is 15.3 Å². The SMILES string of the molecule is O=c1ccc2ccc(-c3ccc(N(c4ccc(-c5ccccc5)cc4)c4ccc(-c5ccc6c7ccccc7n(-c7ccc(Oc8ccccc8)cc7)c6c5)c5nsnc45)cc3)cc2o1. The Kier molecular flexibility index (Phi) is 9.35. The summed E-state index contributed by atoms with van der Waals surface area (Å²) in [6, 6.07) is 74.4. The lowest BCUT2D eigenvalue weighted by Gasteiger charge is -2.26. The molecule has 3 heterocycles. The van der Waals surface area contributed by atoms with E-state index in [1.54, 1.807) is 6.07 Å². The second-order valence-electron chi connectivity index (χ2n) is 15.9. The minimum atomic E-state index is -0.368. The Bertz CT molecular complexity index is 3750. The van der Waals surface area contributed by atoms with E-state index in [1.807, 2.05) is 60.7 Å². The monoisotopic (exact) mass is 856 g/mol. The van der Waals surface area contributed by atoms with Gasteiger partial charge in [-0.15, -0.1) is 0 Å². The van der Waals surface area contributed by atoms with E-state index in [2.05, 4.69) is 155 Å². The summed E-state index contributed by atoms with van der Waals surface area (Å²) in [6.07, 6.45) is 0. The largest absolute Gasteiger partial charge is 0.457 e. The second-order valence-corrected chi connectivity index (χ2v) is 16.4. The van der Waals surface area contributed by atoms with Gasteiger partial charge in [-0.3, -0.25) is 0 Å². The molecule has 0 aliphatic carbocycles. The van der Waals surface area contributed by atoms with E-state index in [4.69, 9.17) is 17.9 Å². The van der Waals surface area contributed by atoms with Crippen LogP contribution in [0.4, 0.5) is 17.1 Å². The van der Waals surface area contributed by atoms with Gasteiger partial charge in [-0.25, -0.2) is 4.79 Å². The van der Waals surface area contributed by atoms with Crippen LogP contribution in [0.1, 0.15) is 0 Å². The smallest absolute Gasteiger partial charge is 0.336 e. The Balaban J connectivity index is 0.955. The van der Waals surface area contributed by atoms with Crippen LogP contribution in [0.2, 0.25) is 0 Å². The highest BCUT2D eigenvalue weighted by molar-refractivity contribution is 7.00. The van der Waals surface area contributed by atoms with Crippen LogP contribution in [-0.4, -0.2) is 13.3 Å². The average Bonchev–Trinajstić information content (AvgIpc) is 3.99. The van der Waals surface area contributed by atoms with Gasteiger partial charge in [0.1, 0.15) is 28.1 Å². The number of rotatable bonds is 9. The lowest BCUT2D eigenvalue weighted by molar-refractivity contribution is 0.482. The molecule has 7 nitrogen and oxygen atoms in total. The van der Waals surface area contributed by atoms with Crippen molar-refractivity contribution in [2.75, 3.05) is 4.90 Å². The lowest BCUT2D eigenvalue weighted by Crippen LogP contribution is -2.10. The summed E-state index contributed by atoms with van der Waals surface area (Å²) in [5.74, 6) is 1.58. The first-order valence-electron chi connectivity index (χ1n) is 21.3. The predicted molar refractivity (Wildman–Crippen MR) is 265 cm³/mol. The Morgan fingerprint density at radius 1 is 0.477 bits per heavy atom. The number of fused-ring (bicyclic) bond motifs is 5. The van der Waals surface area contributed by atoms with Gasteiger partial charge in [-0.2, -0.15) is 8.75 Å². The first kappa shape index (κ1) is 38.1. The third kappa shape index (κ3) is 6.99. The third-order valence-corrected chi connectivity index (χ3v) is 12.5. The Morgan fingerprint density at radius 3 is 1.85 bits per heavy atom. The molecule has 0 aliphatic heterocycles. The van der Waals surface area contributed by atoms with Crippen LogP contribution in [0.5, 0.6) is 11.5 Å². The van der Waals surface area contributed by atoms with E-state index in [-0.39, 0.29) is 5.63 Å². The van der Waals surface area contributed by atoms with Crippen molar-refractivity contribution in [2.45, 2.75) is 0 Å². The summed E-state index contributed by atoms with van der Waals surface area (Å²) >= 11 is 1.22. The predicted octanol–water partition coefficient (Wildman–Crippen LogP) is 15.2. The molecule has 9 aromatic carbocycles. The molecular formula is C57H36N4O3S. The molecule has 0 unspecified atom stereocenters. The maximum absolute atomic E-state index is 12.0. The van der Waals surface area contributed by atoms with Gasteiger partial charge in [0.15, 0.2) is 0 Å². The molecule has 0 saturated heterocycles. The van der Waals surface area contributed by atoms with Crippen molar-refractivity contribution in [3.8, 4) is 50.6 Å². The van der Waals surface area contributed by atoms with Crippen molar-refractivity contribution in [2.24, 2.45) is 0 Å². The van der Waals surface area contributed by atoms with Crippen LogP contribution in [0.25, 0.3) is 82.9 Å². The number of aromatic nitrogens is 3. The van der Waals surface area contributed by atoms with E-state index < -0.39 is 0 Å². The third-order valence-electron chi connectivity index (χ3n) is 12.0. The molecule has 0 bridgehead atoms. The lowest BCUT2D eigenvalue weighted by atomic mass is 10.00. The number of nitrogens with zero attached hydrogens (tertiary/aromatic N) is 4. The van der Waals surface area contributed by atoms with Crippen molar-refractivity contribution >= 4 is 72.6 Å². The zero-order chi connectivity index (χ0) is 43.3. The molecule has 0 spiro atoms. The van der Waals surface area contributed by atoms with Crippen LogP contribution in [-0.2, 0) is 0 Å². The molecule has 0 atom stereocenters. The molecule has 0 saturated carbocycles. The molecule has 65 heavy (non-hydrogen) atoms. The van der Waals surface area contributed by atoms with E-state index in [1.165, 1.54) is 28.6 Å². The molecule has 0 radical (unpaired) electrons. The molecule has 308 valence electrons. The highest BCUT2D eigenvalue weighted by Gasteiger charge is 2.22. The number of ether oxygens (including phenoxy) is 1. The van der Waals surface area contributed by atoms with Crippen molar-refractivity contribution in [1.82, 2.24) is 13.3 Å². The van der Waals surface area contributed by atoms with Gasteiger partial charge >= 0.3 is 5.63 Å². The van der Waals surface area contributed by atoms with Crippen LogP contribution >= 0.6 is 11.7 Å². The normalized spacial score (nSPS) is 11.4. The van der Waals surface area contributed by atoms with Crippen LogP contribution in [0.3, 0.4) is 0 Å². The highest BCUT2D eigenvalue weighted by Crippen LogP contribution is 2.43. The van der Waals surface area contributed by atoms with Crippen molar-refractivity contribution in [1.29, 1.82) is 0 Å². The Labute approximate surface area is 377 Å². The molecule has 12 rings (SSSR count). The minimum Gasteiger partial charge on any atom is -0.457 e. The summed E-state index contributed by atoms with van der Waals surface area (Å²) in [5.41, 5.74) is 14.2. The number of hydrogen-bond acceptors (Lipinski definition) is 7. The topological polar surface area (TPSA) is 73.4 Å². The molecule has 12 aromatic rings. The number of hydrogen-bond donors (Lipinski definition) is 0. The quantitative estimate of drug-likeness (QED) is 0.135. The average molecular weight is 857 g/mol. The van der Waals surface area contributed by atoms with Gasteiger partial charge in [0.2, 0.25) is 0 Å². The standard InChI is InChI=1S/C57H36N4O3S/c62-55-34-22-40-15-16-41(36-54(40)64-55)39-19-25-44(26-20-39)60(43-23-17-38(18-24-43)37-9-3-1-4-10-37)52-33-32-48(56-57(52)59-65-58-56)42-21-31-50-49-13-7-8-14-51(49)61(53(50)35-42)45-27-29-47(30-28-45)63-46-11-5-2-6-12-46/h1-36H. The molecular weight excluding hydrogens is 821 g/mol. The van der Waals surface area contributed by atoms with Crippen molar-refractivity contribution in [3.05, 3.63) is 229 Å². The van der Waals surface area contributed by atoms with Crippen molar-refractivity contribution in [3.63, 3.8) is 0 Å². The molecule has 8 heteroatoms. The van der Waals surface area contributed by atoms with Gasteiger partial charge in [0.05, 0.1) is 28.4 Å². The fraction of sp³-hybridized carbons (Fsp3) is 0. The molecule has 0 amide bonds. The molecule has 3 aromatic heterocycles.